The smallest absolute Gasteiger partial charge is 0.335 e. The number of likely N-dealkylation sites (tertiary alicyclic amines) is 1. The van der Waals surface area contributed by atoms with Crippen molar-refractivity contribution in [1.82, 2.24) is 4.90 Å². The minimum atomic E-state index is -0.586. The summed E-state index contributed by atoms with van der Waals surface area (Å²) in [5.74, 6) is 3.13. The highest BCUT2D eigenvalue weighted by Gasteiger charge is 2.67. The number of nitrogens with zero attached hydrogens (tertiary/aromatic N) is 1. The van der Waals surface area contributed by atoms with E-state index in [2.05, 4.69) is 18.7 Å². The van der Waals surface area contributed by atoms with Crippen LogP contribution in [0.2, 0.25) is 0 Å². The van der Waals surface area contributed by atoms with Gasteiger partial charge in [-0.2, -0.15) is 0 Å². The van der Waals surface area contributed by atoms with Gasteiger partial charge in [-0.05, 0) is 143 Å². The second-order valence-corrected chi connectivity index (χ2v) is 13.3. The van der Waals surface area contributed by atoms with Gasteiger partial charge < -0.3 is 14.4 Å². The molecule has 188 valence electrons. The van der Waals surface area contributed by atoms with E-state index in [1.165, 1.54) is 77.4 Å². The van der Waals surface area contributed by atoms with E-state index in [0.717, 1.165) is 36.7 Å². The molecule has 5 aliphatic rings. The van der Waals surface area contributed by atoms with Gasteiger partial charge in [0, 0.05) is 11.5 Å². The summed E-state index contributed by atoms with van der Waals surface area (Å²) in [4.78, 5) is 14.2. The quantitative estimate of drug-likeness (QED) is 0.591. The number of hydrogen-bond acceptors (Lipinski definition) is 4. The fourth-order valence-corrected chi connectivity index (χ4v) is 10.0. The number of aliphatic hydroxyl groups is 1. The first-order chi connectivity index (χ1) is 16.3. The van der Waals surface area contributed by atoms with Gasteiger partial charge in [-0.15, -0.1) is 0 Å². The molecule has 8 atom stereocenters. The summed E-state index contributed by atoms with van der Waals surface area (Å²) < 4.78 is 5.24. The van der Waals surface area contributed by atoms with E-state index in [4.69, 9.17) is 4.42 Å². The third kappa shape index (κ3) is 3.49. The lowest BCUT2D eigenvalue weighted by Crippen LogP contribution is -2.61. The van der Waals surface area contributed by atoms with E-state index >= 15 is 0 Å². The standard InChI is InChI=1S/C30H45NO3/c1-28-13-9-21(12-18-31-16-3-4-17-31)19-23(28)6-7-26-25(28)10-14-29(2)24(11-15-30(26,29)33)22-5-8-27(32)34-20-22/h5,8,20-21,23-26,33H,3-4,6-7,9-19H2,1-2H3/t21-,23-,24-,25+,26-,28+,29-,30+/m1/s1. The Labute approximate surface area is 205 Å². The summed E-state index contributed by atoms with van der Waals surface area (Å²) in [6, 6.07) is 3.50. The normalized spacial score (nSPS) is 46.6. The van der Waals surface area contributed by atoms with Crippen LogP contribution in [0.15, 0.2) is 27.6 Å². The number of hydrogen-bond donors (Lipinski definition) is 1. The van der Waals surface area contributed by atoms with Gasteiger partial charge >= 0.3 is 5.63 Å². The van der Waals surface area contributed by atoms with E-state index in [0.29, 0.717) is 17.3 Å². The molecule has 2 heterocycles. The predicted octanol–water partition coefficient (Wildman–Crippen LogP) is 5.98. The van der Waals surface area contributed by atoms with Crippen molar-refractivity contribution in [2.24, 2.45) is 34.5 Å². The molecular formula is C30H45NO3. The van der Waals surface area contributed by atoms with Crippen LogP contribution in [0.5, 0.6) is 0 Å². The van der Waals surface area contributed by atoms with Crippen molar-refractivity contribution in [2.45, 2.75) is 102 Å². The van der Waals surface area contributed by atoms with Crippen LogP contribution < -0.4 is 5.63 Å². The maximum Gasteiger partial charge on any atom is 0.335 e. The summed E-state index contributed by atoms with van der Waals surface area (Å²) in [5, 5.41) is 12.4. The molecule has 1 aliphatic heterocycles. The van der Waals surface area contributed by atoms with Crippen LogP contribution in [0.25, 0.3) is 0 Å². The molecule has 34 heavy (non-hydrogen) atoms. The van der Waals surface area contributed by atoms with Crippen LogP contribution in [0.1, 0.15) is 102 Å². The van der Waals surface area contributed by atoms with Crippen LogP contribution in [-0.2, 0) is 0 Å². The summed E-state index contributed by atoms with van der Waals surface area (Å²) in [5.41, 5.74) is 0.520. The summed E-state index contributed by atoms with van der Waals surface area (Å²) in [7, 11) is 0. The van der Waals surface area contributed by atoms with Gasteiger partial charge in [-0.25, -0.2) is 4.79 Å². The third-order valence-corrected chi connectivity index (χ3v) is 12.1. The van der Waals surface area contributed by atoms with Crippen molar-refractivity contribution in [1.29, 1.82) is 0 Å². The zero-order valence-electron chi connectivity index (χ0n) is 21.4. The van der Waals surface area contributed by atoms with Crippen LogP contribution in [0.4, 0.5) is 0 Å². The lowest BCUT2D eigenvalue weighted by molar-refractivity contribution is -0.203. The average Bonchev–Trinajstić information content (AvgIpc) is 3.44. The molecule has 0 amide bonds. The Hall–Kier alpha value is -1.13. The van der Waals surface area contributed by atoms with Crippen molar-refractivity contribution >= 4 is 0 Å². The summed E-state index contributed by atoms with van der Waals surface area (Å²) in [6.45, 7) is 8.92. The Morgan fingerprint density at radius 1 is 1.00 bits per heavy atom. The second-order valence-electron chi connectivity index (χ2n) is 13.3. The van der Waals surface area contributed by atoms with E-state index < -0.39 is 5.60 Å². The maximum absolute atomic E-state index is 12.4. The van der Waals surface area contributed by atoms with Gasteiger partial charge in [-0.3, -0.25) is 0 Å². The fraction of sp³-hybridized carbons (Fsp3) is 0.833. The van der Waals surface area contributed by atoms with Crippen LogP contribution >= 0.6 is 0 Å². The van der Waals surface area contributed by atoms with Crippen molar-refractivity contribution in [3.63, 3.8) is 0 Å². The van der Waals surface area contributed by atoms with Crippen molar-refractivity contribution in [3.05, 3.63) is 34.4 Å². The molecule has 0 unspecified atom stereocenters. The number of rotatable bonds is 4. The Morgan fingerprint density at radius 2 is 1.82 bits per heavy atom. The minimum absolute atomic E-state index is 0.121. The highest BCUT2D eigenvalue weighted by Crippen LogP contribution is 2.70. The van der Waals surface area contributed by atoms with Crippen molar-refractivity contribution in [3.8, 4) is 0 Å². The monoisotopic (exact) mass is 467 g/mol. The van der Waals surface area contributed by atoms with E-state index in [9.17, 15) is 9.90 Å². The highest BCUT2D eigenvalue weighted by molar-refractivity contribution is 5.27. The molecule has 4 nitrogen and oxygen atoms in total. The van der Waals surface area contributed by atoms with E-state index in [1.54, 1.807) is 12.3 Å². The van der Waals surface area contributed by atoms with Crippen LogP contribution in [-0.4, -0.2) is 35.2 Å². The molecule has 1 N–H and O–H groups in total. The molecule has 0 aromatic carbocycles. The lowest BCUT2D eigenvalue weighted by atomic mass is 9.42. The van der Waals surface area contributed by atoms with E-state index in [1.807, 2.05) is 6.07 Å². The molecule has 4 heteroatoms. The Kier molecular flexibility index (Phi) is 5.80. The first-order valence-corrected chi connectivity index (χ1v) is 14.4. The third-order valence-electron chi connectivity index (χ3n) is 12.1. The molecule has 4 saturated carbocycles. The van der Waals surface area contributed by atoms with Gasteiger partial charge in [-0.1, -0.05) is 13.8 Å². The largest absolute Gasteiger partial charge is 0.431 e. The topological polar surface area (TPSA) is 53.7 Å². The first kappa shape index (κ1) is 23.3. The maximum atomic E-state index is 12.4. The lowest BCUT2D eigenvalue weighted by Gasteiger charge is -2.64. The highest BCUT2D eigenvalue weighted by atomic mass is 16.4. The zero-order chi connectivity index (χ0) is 23.6. The molecule has 6 rings (SSSR count). The fourth-order valence-electron chi connectivity index (χ4n) is 10.0. The summed E-state index contributed by atoms with van der Waals surface area (Å²) in [6.07, 6.45) is 16.8. The zero-order valence-corrected chi connectivity index (χ0v) is 21.4. The Balaban J connectivity index is 1.18. The SMILES string of the molecule is C[C@]12CC[C@H](CCN3CCCC3)C[C@H]1CC[C@@H]1[C@@H]2CC[C@]2(C)[C@@H](c3ccc(=O)oc3)CC[C@]12O. The number of fused-ring (bicyclic) bond motifs is 5. The van der Waals surface area contributed by atoms with Gasteiger partial charge in [0.1, 0.15) is 0 Å². The van der Waals surface area contributed by atoms with Gasteiger partial charge in [0.2, 0.25) is 0 Å². The van der Waals surface area contributed by atoms with Crippen molar-refractivity contribution < 1.29 is 9.52 Å². The predicted molar refractivity (Wildman–Crippen MR) is 135 cm³/mol. The molecule has 0 spiro atoms. The average molecular weight is 468 g/mol. The van der Waals surface area contributed by atoms with Gasteiger partial charge in [0.15, 0.2) is 0 Å². The first-order valence-electron chi connectivity index (χ1n) is 14.4. The molecule has 0 bridgehead atoms. The molecule has 4 aliphatic carbocycles. The van der Waals surface area contributed by atoms with Crippen LogP contribution in [0, 0.1) is 34.5 Å². The second kappa shape index (κ2) is 8.47. The summed E-state index contributed by atoms with van der Waals surface area (Å²) >= 11 is 0. The van der Waals surface area contributed by atoms with Gasteiger partial charge in [0.05, 0.1) is 11.9 Å². The van der Waals surface area contributed by atoms with Crippen LogP contribution in [0.3, 0.4) is 0 Å². The van der Waals surface area contributed by atoms with Gasteiger partial charge in [0.25, 0.3) is 0 Å². The Bertz CT molecular complexity index is 932. The molecule has 1 saturated heterocycles. The molecule has 5 fully saturated rings. The van der Waals surface area contributed by atoms with E-state index in [-0.39, 0.29) is 17.0 Å². The minimum Gasteiger partial charge on any atom is -0.431 e. The molecular weight excluding hydrogens is 422 g/mol. The Morgan fingerprint density at radius 3 is 2.59 bits per heavy atom. The molecule has 1 aromatic heterocycles. The molecule has 1 aromatic rings. The van der Waals surface area contributed by atoms with Crippen molar-refractivity contribution in [2.75, 3.05) is 19.6 Å². The molecule has 0 radical (unpaired) electrons.